The molecule has 1 amide bonds. The van der Waals surface area contributed by atoms with E-state index in [0.29, 0.717) is 5.41 Å². The summed E-state index contributed by atoms with van der Waals surface area (Å²) in [5.41, 5.74) is 3.19. The van der Waals surface area contributed by atoms with E-state index in [2.05, 4.69) is 32.6 Å². The summed E-state index contributed by atoms with van der Waals surface area (Å²) in [4.78, 5) is 16.7. The van der Waals surface area contributed by atoms with Crippen LogP contribution in [0.4, 0.5) is 4.79 Å². The first kappa shape index (κ1) is 24.1. The first-order valence-corrected chi connectivity index (χ1v) is 12.0. The highest BCUT2D eigenvalue weighted by Gasteiger charge is 2.32. The minimum Gasteiger partial charge on any atom is -0.444 e. The number of carbonyl (C=O) groups excluding carboxylic acids is 1. The van der Waals surface area contributed by atoms with Gasteiger partial charge in [-0.25, -0.2) is 4.79 Å². The molecular formula is C25H46N2O2. The summed E-state index contributed by atoms with van der Waals surface area (Å²) in [5, 5.41) is 0. The maximum Gasteiger partial charge on any atom is 0.410 e. The van der Waals surface area contributed by atoms with Gasteiger partial charge in [0.15, 0.2) is 0 Å². The van der Waals surface area contributed by atoms with E-state index in [1.54, 1.807) is 5.57 Å². The number of hydrogen-bond donors (Lipinski definition) is 0. The second-order valence-corrected chi connectivity index (χ2v) is 10.5. The van der Waals surface area contributed by atoms with Gasteiger partial charge in [0.25, 0.3) is 0 Å². The highest BCUT2D eigenvalue weighted by molar-refractivity contribution is 5.68. The van der Waals surface area contributed by atoms with Crippen molar-refractivity contribution in [2.24, 2.45) is 11.3 Å². The second kappa shape index (κ2) is 10.2. The van der Waals surface area contributed by atoms with Gasteiger partial charge >= 0.3 is 6.09 Å². The molecule has 1 saturated heterocycles. The van der Waals surface area contributed by atoms with Crippen LogP contribution in [0.3, 0.4) is 0 Å². The number of ether oxygens (including phenoxy) is 1. The van der Waals surface area contributed by atoms with Gasteiger partial charge in [0.2, 0.25) is 0 Å². The fourth-order valence-corrected chi connectivity index (χ4v) is 5.31. The number of nitrogens with zero attached hydrogens (tertiary/aromatic N) is 2. The molecule has 2 atom stereocenters. The highest BCUT2D eigenvalue weighted by atomic mass is 16.6. The summed E-state index contributed by atoms with van der Waals surface area (Å²) in [6, 6.07) is 0. The molecule has 168 valence electrons. The predicted octanol–water partition coefficient (Wildman–Crippen LogP) is 6.61. The third kappa shape index (κ3) is 6.65. The lowest BCUT2D eigenvalue weighted by atomic mass is 9.74. The number of hydrogen-bond acceptors (Lipinski definition) is 3. The van der Waals surface area contributed by atoms with Gasteiger partial charge in [-0.2, -0.15) is 0 Å². The first-order chi connectivity index (χ1) is 13.6. The Morgan fingerprint density at radius 1 is 1.00 bits per heavy atom. The third-order valence-corrected chi connectivity index (χ3v) is 7.40. The molecule has 0 N–H and O–H groups in total. The third-order valence-electron chi connectivity index (χ3n) is 7.40. The number of amides is 1. The molecule has 4 nitrogen and oxygen atoms in total. The van der Waals surface area contributed by atoms with E-state index in [-0.39, 0.29) is 6.09 Å². The van der Waals surface area contributed by atoms with Gasteiger partial charge in [-0.3, -0.25) is 0 Å². The Balaban J connectivity index is 1.95. The van der Waals surface area contributed by atoms with Gasteiger partial charge in [-0.15, -0.1) is 0 Å². The maximum absolute atomic E-state index is 12.3. The molecule has 1 saturated carbocycles. The normalized spacial score (nSPS) is 27.3. The molecule has 0 spiro atoms. The average molecular weight is 407 g/mol. The van der Waals surface area contributed by atoms with E-state index in [9.17, 15) is 4.79 Å². The van der Waals surface area contributed by atoms with Crippen molar-refractivity contribution < 1.29 is 9.53 Å². The summed E-state index contributed by atoms with van der Waals surface area (Å²) >= 11 is 0. The van der Waals surface area contributed by atoms with Crippen LogP contribution in [0.2, 0.25) is 0 Å². The summed E-state index contributed by atoms with van der Waals surface area (Å²) in [5.74, 6) is 0.726. The first-order valence-electron chi connectivity index (χ1n) is 12.0. The Labute approximate surface area is 180 Å². The van der Waals surface area contributed by atoms with E-state index >= 15 is 0 Å². The Morgan fingerprint density at radius 3 is 2.17 bits per heavy atom. The molecule has 2 unspecified atom stereocenters. The molecule has 29 heavy (non-hydrogen) atoms. The van der Waals surface area contributed by atoms with Crippen molar-refractivity contribution >= 4 is 6.09 Å². The average Bonchev–Trinajstić information content (AvgIpc) is 2.89. The van der Waals surface area contributed by atoms with Crippen LogP contribution in [0, 0.1) is 11.3 Å². The summed E-state index contributed by atoms with van der Waals surface area (Å²) < 4.78 is 5.54. The van der Waals surface area contributed by atoms with Crippen LogP contribution in [-0.4, -0.2) is 47.7 Å². The Bertz CT molecular complexity index is 570. The number of allylic oxidation sites excluding steroid dienone is 2. The SMILES string of the molecule is CCCC1(CC)CCCC(/C(C)=C(/C)N2CCN(C(=O)OC(C)(C)C)CC2)CC1. The van der Waals surface area contributed by atoms with Crippen molar-refractivity contribution in [3.8, 4) is 0 Å². The van der Waals surface area contributed by atoms with Crippen molar-refractivity contribution in [3.63, 3.8) is 0 Å². The standard InChI is InChI=1S/C25H46N2O2/c1-8-13-25(9-2)14-10-11-22(12-15-25)20(3)21(4)26-16-18-27(19-17-26)23(28)29-24(5,6)7/h22H,8-19H2,1-7H3/b21-20-. The van der Waals surface area contributed by atoms with Gasteiger partial charge in [0.1, 0.15) is 5.60 Å². The van der Waals surface area contributed by atoms with E-state index < -0.39 is 5.60 Å². The van der Waals surface area contributed by atoms with E-state index in [4.69, 9.17) is 4.74 Å². The Hall–Kier alpha value is -1.19. The Morgan fingerprint density at radius 2 is 1.62 bits per heavy atom. The van der Waals surface area contributed by atoms with Crippen molar-refractivity contribution in [2.75, 3.05) is 26.2 Å². The molecule has 1 heterocycles. The molecule has 1 aliphatic carbocycles. The van der Waals surface area contributed by atoms with Crippen molar-refractivity contribution in [3.05, 3.63) is 11.3 Å². The fourth-order valence-electron chi connectivity index (χ4n) is 5.31. The Kier molecular flexibility index (Phi) is 8.48. The fraction of sp³-hybridized carbons (Fsp3) is 0.880. The summed E-state index contributed by atoms with van der Waals surface area (Å²) in [7, 11) is 0. The largest absolute Gasteiger partial charge is 0.444 e. The van der Waals surface area contributed by atoms with Crippen LogP contribution in [-0.2, 0) is 4.74 Å². The summed E-state index contributed by atoms with van der Waals surface area (Å²) in [6.45, 7) is 18.5. The van der Waals surface area contributed by atoms with Gasteiger partial charge in [-0.05, 0) is 78.1 Å². The van der Waals surface area contributed by atoms with Crippen LogP contribution in [0.15, 0.2) is 11.3 Å². The lowest BCUT2D eigenvalue weighted by molar-refractivity contribution is 0.0168. The van der Waals surface area contributed by atoms with E-state index in [1.807, 2.05) is 25.7 Å². The van der Waals surface area contributed by atoms with Gasteiger partial charge in [0.05, 0.1) is 0 Å². The minimum atomic E-state index is -0.425. The van der Waals surface area contributed by atoms with Crippen LogP contribution < -0.4 is 0 Å². The zero-order valence-corrected chi connectivity index (χ0v) is 20.3. The molecular weight excluding hydrogens is 360 g/mol. The van der Waals surface area contributed by atoms with Gasteiger partial charge in [-0.1, -0.05) is 38.7 Å². The monoisotopic (exact) mass is 406 g/mol. The zero-order chi connectivity index (χ0) is 21.7. The number of carbonyl (C=O) groups is 1. The van der Waals surface area contributed by atoms with E-state index in [1.165, 1.54) is 57.1 Å². The maximum atomic E-state index is 12.3. The van der Waals surface area contributed by atoms with Crippen LogP contribution in [0.5, 0.6) is 0 Å². The van der Waals surface area contributed by atoms with Crippen LogP contribution in [0.1, 0.15) is 99.8 Å². The highest BCUT2D eigenvalue weighted by Crippen LogP contribution is 2.45. The molecule has 0 aromatic rings. The number of piperazine rings is 1. The van der Waals surface area contributed by atoms with Crippen LogP contribution in [0.25, 0.3) is 0 Å². The topological polar surface area (TPSA) is 32.8 Å². The molecule has 2 rings (SSSR count). The van der Waals surface area contributed by atoms with Crippen molar-refractivity contribution in [1.29, 1.82) is 0 Å². The summed E-state index contributed by atoms with van der Waals surface area (Å²) in [6.07, 6.45) is 10.7. The predicted molar refractivity (Wildman–Crippen MR) is 122 cm³/mol. The van der Waals surface area contributed by atoms with Crippen LogP contribution >= 0.6 is 0 Å². The van der Waals surface area contributed by atoms with E-state index in [0.717, 1.165) is 32.1 Å². The van der Waals surface area contributed by atoms with Crippen molar-refractivity contribution in [2.45, 2.75) is 105 Å². The smallest absolute Gasteiger partial charge is 0.410 e. The molecule has 2 fully saturated rings. The molecule has 2 aliphatic rings. The molecule has 4 heteroatoms. The number of rotatable bonds is 5. The quantitative estimate of drug-likeness (QED) is 0.482. The molecule has 0 radical (unpaired) electrons. The van der Waals surface area contributed by atoms with Gasteiger partial charge < -0.3 is 14.5 Å². The molecule has 1 aliphatic heterocycles. The lowest BCUT2D eigenvalue weighted by Crippen LogP contribution is -2.49. The van der Waals surface area contributed by atoms with Gasteiger partial charge in [0, 0.05) is 31.9 Å². The second-order valence-electron chi connectivity index (χ2n) is 10.5. The minimum absolute atomic E-state index is 0.175. The zero-order valence-electron chi connectivity index (χ0n) is 20.3. The molecule has 0 aromatic carbocycles. The lowest BCUT2D eigenvalue weighted by Gasteiger charge is -2.38. The molecule has 0 aromatic heterocycles. The molecule has 0 bridgehead atoms. The van der Waals surface area contributed by atoms with Crippen molar-refractivity contribution in [1.82, 2.24) is 9.80 Å².